The Morgan fingerprint density at radius 1 is 1.02 bits per heavy atom. The Morgan fingerprint density at radius 2 is 1.76 bits per heavy atom. The Labute approximate surface area is 237 Å². The second kappa shape index (κ2) is 10.3. The molecule has 0 saturated carbocycles. The molecule has 1 aliphatic heterocycles. The van der Waals surface area contributed by atoms with E-state index in [0.29, 0.717) is 24.3 Å². The molecule has 5 aromatic rings. The van der Waals surface area contributed by atoms with Crippen LogP contribution >= 0.6 is 0 Å². The Morgan fingerprint density at radius 3 is 2.39 bits per heavy atom. The fourth-order valence-electron chi connectivity index (χ4n) is 5.71. The SMILES string of the molecule is COC(=O)c1ccc(-c2c(C3CCCOC3)n(-c3ccc(F)cc3)c3cc4cnn(C(=O)C(C)(C)C)c4cc23)cc1. The summed E-state index contributed by atoms with van der Waals surface area (Å²) in [4.78, 5) is 25.5. The van der Waals surface area contributed by atoms with Crippen LogP contribution in [0.15, 0.2) is 66.9 Å². The standard InChI is InChI=1S/C33H32FN3O4/c1-33(2,3)32(39)37-27-17-26-28(16-23(27)18-35-37)36(25-13-11-24(34)12-14-25)30(22-6-5-15-41-19-22)29(26)20-7-9-21(10-8-20)31(38)40-4/h7-14,16-18,22H,5-6,15,19H2,1-4H3. The number of rotatable bonds is 4. The predicted octanol–water partition coefficient (Wildman–Crippen LogP) is 7.15. The zero-order chi connectivity index (χ0) is 28.9. The van der Waals surface area contributed by atoms with Gasteiger partial charge in [-0.15, -0.1) is 0 Å². The zero-order valence-corrected chi connectivity index (χ0v) is 23.6. The van der Waals surface area contributed by atoms with Crippen LogP contribution in [-0.2, 0) is 9.47 Å². The van der Waals surface area contributed by atoms with Crippen molar-refractivity contribution < 1.29 is 23.5 Å². The summed E-state index contributed by atoms with van der Waals surface area (Å²) in [5.74, 6) is -0.741. The molecule has 210 valence electrons. The summed E-state index contributed by atoms with van der Waals surface area (Å²) >= 11 is 0. The van der Waals surface area contributed by atoms with Gasteiger partial charge in [0.05, 0.1) is 36.5 Å². The van der Waals surface area contributed by atoms with E-state index >= 15 is 0 Å². The molecule has 41 heavy (non-hydrogen) atoms. The second-order valence-electron chi connectivity index (χ2n) is 11.6. The largest absolute Gasteiger partial charge is 0.465 e. The highest BCUT2D eigenvalue weighted by atomic mass is 19.1. The second-order valence-corrected chi connectivity index (χ2v) is 11.6. The lowest BCUT2D eigenvalue weighted by molar-refractivity contribution is 0.0600. The van der Waals surface area contributed by atoms with Crippen molar-refractivity contribution in [2.24, 2.45) is 5.41 Å². The van der Waals surface area contributed by atoms with E-state index in [0.717, 1.165) is 51.6 Å². The van der Waals surface area contributed by atoms with Gasteiger partial charge in [0.15, 0.2) is 0 Å². The van der Waals surface area contributed by atoms with Crippen molar-refractivity contribution in [3.63, 3.8) is 0 Å². The van der Waals surface area contributed by atoms with E-state index in [4.69, 9.17) is 9.47 Å². The van der Waals surface area contributed by atoms with Gasteiger partial charge < -0.3 is 14.0 Å². The Kier molecular flexibility index (Phi) is 6.74. The molecule has 3 heterocycles. The number of halogens is 1. The van der Waals surface area contributed by atoms with Gasteiger partial charge in [-0.1, -0.05) is 32.9 Å². The third-order valence-corrected chi connectivity index (χ3v) is 7.75. The van der Waals surface area contributed by atoms with Crippen LogP contribution in [0.25, 0.3) is 38.6 Å². The summed E-state index contributed by atoms with van der Waals surface area (Å²) in [5, 5.41) is 6.23. The third-order valence-electron chi connectivity index (χ3n) is 7.75. The van der Waals surface area contributed by atoms with E-state index in [1.54, 1.807) is 30.5 Å². The highest BCUT2D eigenvalue weighted by molar-refractivity contribution is 6.07. The first kappa shape index (κ1) is 26.9. The van der Waals surface area contributed by atoms with Crippen LogP contribution in [0.1, 0.15) is 60.4 Å². The van der Waals surface area contributed by atoms with E-state index in [1.165, 1.54) is 23.9 Å². The van der Waals surface area contributed by atoms with E-state index in [9.17, 15) is 14.0 Å². The number of hydrogen-bond acceptors (Lipinski definition) is 5. The van der Waals surface area contributed by atoms with Gasteiger partial charge in [0.25, 0.3) is 5.91 Å². The number of ether oxygens (including phenoxy) is 2. The topological polar surface area (TPSA) is 75.3 Å². The molecule has 0 spiro atoms. The molecule has 2 aromatic heterocycles. The lowest BCUT2D eigenvalue weighted by Gasteiger charge is -2.26. The van der Waals surface area contributed by atoms with Gasteiger partial charge in [0, 0.05) is 45.7 Å². The molecule has 1 unspecified atom stereocenters. The van der Waals surface area contributed by atoms with Crippen LogP contribution in [0, 0.1) is 11.2 Å². The van der Waals surface area contributed by atoms with Crippen molar-refractivity contribution in [1.29, 1.82) is 0 Å². The lowest BCUT2D eigenvalue weighted by Crippen LogP contribution is -2.27. The van der Waals surface area contributed by atoms with Crippen molar-refractivity contribution in [2.75, 3.05) is 20.3 Å². The number of carbonyl (C=O) groups excluding carboxylic acids is 2. The molecule has 1 saturated heterocycles. The number of fused-ring (bicyclic) bond motifs is 2. The van der Waals surface area contributed by atoms with Crippen LogP contribution in [0.2, 0.25) is 0 Å². The molecule has 6 rings (SSSR count). The fourth-order valence-corrected chi connectivity index (χ4v) is 5.71. The van der Waals surface area contributed by atoms with Crippen molar-refractivity contribution in [2.45, 2.75) is 39.5 Å². The monoisotopic (exact) mass is 553 g/mol. The summed E-state index contributed by atoms with van der Waals surface area (Å²) in [5.41, 5.74) is 5.24. The van der Waals surface area contributed by atoms with Crippen LogP contribution in [-0.4, -0.2) is 46.5 Å². The zero-order valence-electron chi connectivity index (χ0n) is 23.6. The van der Waals surface area contributed by atoms with E-state index in [2.05, 4.69) is 9.67 Å². The van der Waals surface area contributed by atoms with Gasteiger partial charge in [0.1, 0.15) is 5.82 Å². The molecule has 1 aliphatic rings. The number of nitrogens with zero attached hydrogens (tertiary/aromatic N) is 3. The summed E-state index contributed by atoms with van der Waals surface area (Å²) in [6.07, 6.45) is 3.57. The summed E-state index contributed by atoms with van der Waals surface area (Å²) in [7, 11) is 1.36. The number of carbonyl (C=O) groups is 2. The van der Waals surface area contributed by atoms with Crippen LogP contribution in [0.5, 0.6) is 0 Å². The molecule has 8 heteroatoms. The molecule has 0 amide bonds. The lowest BCUT2D eigenvalue weighted by atomic mass is 9.91. The maximum Gasteiger partial charge on any atom is 0.337 e. The molecule has 0 bridgehead atoms. The van der Waals surface area contributed by atoms with Gasteiger partial charge >= 0.3 is 5.97 Å². The molecular formula is C33H32FN3O4. The van der Waals surface area contributed by atoms with E-state index < -0.39 is 11.4 Å². The molecule has 0 aliphatic carbocycles. The first-order valence-corrected chi connectivity index (χ1v) is 13.8. The number of methoxy groups -OCH3 is 1. The summed E-state index contributed by atoms with van der Waals surface area (Å²) in [6, 6.07) is 17.9. The van der Waals surface area contributed by atoms with Crippen molar-refractivity contribution in [1.82, 2.24) is 14.3 Å². The highest BCUT2D eigenvalue weighted by Crippen LogP contribution is 2.44. The Bertz CT molecular complexity index is 1770. The predicted molar refractivity (Wildman–Crippen MR) is 156 cm³/mol. The average Bonchev–Trinajstić information content (AvgIpc) is 3.54. The molecule has 3 aromatic carbocycles. The van der Waals surface area contributed by atoms with Crippen LogP contribution in [0.3, 0.4) is 0 Å². The quantitative estimate of drug-likeness (QED) is 0.221. The minimum Gasteiger partial charge on any atom is -0.465 e. The fraction of sp³-hybridized carbons (Fsp3) is 0.303. The van der Waals surface area contributed by atoms with E-state index in [-0.39, 0.29) is 17.6 Å². The van der Waals surface area contributed by atoms with Gasteiger partial charge in [-0.3, -0.25) is 4.79 Å². The smallest absolute Gasteiger partial charge is 0.337 e. The first-order chi connectivity index (χ1) is 19.7. The van der Waals surface area contributed by atoms with Crippen LogP contribution < -0.4 is 0 Å². The van der Waals surface area contributed by atoms with Gasteiger partial charge in [-0.25, -0.2) is 9.18 Å². The highest BCUT2D eigenvalue weighted by Gasteiger charge is 2.30. The maximum atomic E-state index is 14.0. The molecule has 0 N–H and O–H groups in total. The molecule has 1 fully saturated rings. The molecule has 0 radical (unpaired) electrons. The Hall–Kier alpha value is -4.30. The van der Waals surface area contributed by atoms with Crippen molar-refractivity contribution in [3.05, 3.63) is 83.9 Å². The number of hydrogen-bond donors (Lipinski definition) is 0. The summed E-state index contributed by atoms with van der Waals surface area (Å²) in [6.45, 7) is 6.90. The van der Waals surface area contributed by atoms with Gasteiger partial charge in [0.2, 0.25) is 0 Å². The van der Waals surface area contributed by atoms with Crippen molar-refractivity contribution in [3.8, 4) is 16.8 Å². The minimum atomic E-state index is -0.620. The maximum absolute atomic E-state index is 14.0. The van der Waals surface area contributed by atoms with E-state index in [1.807, 2.05) is 45.0 Å². The number of benzene rings is 3. The molecule has 7 nitrogen and oxygen atoms in total. The summed E-state index contributed by atoms with van der Waals surface area (Å²) < 4.78 is 28.6. The number of esters is 1. The normalized spacial score (nSPS) is 15.9. The van der Waals surface area contributed by atoms with Crippen LogP contribution in [0.4, 0.5) is 4.39 Å². The third kappa shape index (κ3) is 4.72. The average molecular weight is 554 g/mol. The number of aromatic nitrogens is 3. The van der Waals surface area contributed by atoms with Gasteiger partial charge in [-0.2, -0.15) is 9.78 Å². The molecule has 1 atom stereocenters. The molecular weight excluding hydrogens is 521 g/mol. The van der Waals surface area contributed by atoms with Gasteiger partial charge in [-0.05, 0) is 66.9 Å². The minimum absolute atomic E-state index is 0.0762. The first-order valence-electron chi connectivity index (χ1n) is 13.8. The Balaban J connectivity index is 1.70. The van der Waals surface area contributed by atoms with Crippen molar-refractivity contribution >= 4 is 33.7 Å².